The highest BCUT2D eigenvalue weighted by molar-refractivity contribution is 5.87. The van der Waals surface area contributed by atoms with Crippen LogP contribution >= 0.6 is 0 Å². The molecule has 0 aliphatic carbocycles. The monoisotopic (exact) mass is 342 g/mol. The molecule has 0 aromatic rings. The summed E-state index contributed by atoms with van der Waals surface area (Å²) in [6.45, 7) is 12.1. The van der Waals surface area contributed by atoms with Crippen molar-refractivity contribution in [2.24, 2.45) is 0 Å². The van der Waals surface area contributed by atoms with Crippen LogP contribution in [0.4, 0.5) is 0 Å². The van der Waals surface area contributed by atoms with Crippen molar-refractivity contribution in [3.05, 3.63) is 0 Å². The molecule has 1 amide bonds. The topological polar surface area (TPSA) is 84.9 Å². The lowest BCUT2D eigenvalue weighted by molar-refractivity contribution is -0.159. The molecular formula is C17H30N2O5. The number of ether oxygens (including phenoxy) is 2. The van der Waals surface area contributed by atoms with E-state index in [4.69, 9.17) is 9.47 Å². The molecule has 0 saturated carbocycles. The van der Waals surface area contributed by atoms with Gasteiger partial charge in [-0.25, -0.2) is 0 Å². The Labute approximate surface area is 144 Å². The Morgan fingerprint density at radius 2 is 1.62 bits per heavy atom. The molecule has 1 fully saturated rings. The SMILES string of the molecule is CC(C)(C)OC(=O)CCN1CCN[C@@H](CC(=O)OC(C)(C)C)C1=O. The predicted octanol–water partition coefficient (Wildman–Crippen LogP) is 1.25. The van der Waals surface area contributed by atoms with Crippen molar-refractivity contribution in [3.63, 3.8) is 0 Å². The minimum atomic E-state index is -0.604. The van der Waals surface area contributed by atoms with Crippen LogP contribution in [0.25, 0.3) is 0 Å². The summed E-state index contributed by atoms with van der Waals surface area (Å²) in [6, 6.07) is -0.604. The lowest BCUT2D eigenvalue weighted by atomic mass is 10.1. The van der Waals surface area contributed by atoms with Crippen LogP contribution in [-0.2, 0) is 23.9 Å². The number of esters is 2. The summed E-state index contributed by atoms with van der Waals surface area (Å²) in [4.78, 5) is 37.7. The van der Waals surface area contributed by atoms with Crippen molar-refractivity contribution < 1.29 is 23.9 Å². The number of carbonyl (C=O) groups is 3. The van der Waals surface area contributed by atoms with Crippen LogP contribution in [0.2, 0.25) is 0 Å². The van der Waals surface area contributed by atoms with Gasteiger partial charge in [0.1, 0.15) is 11.2 Å². The Kier molecular flexibility index (Phi) is 6.77. The first-order valence-corrected chi connectivity index (χ1v) is 8.33. The van der Waals surface area contributed by atoms with Gasteiger partial charge in [-0.3, -0.25) is 14.4 Å². The second-order valence-corrected chi connectivity index (χ2v) is 7.96. The smallest absolute Gasteiger partial charge is 0.308 e. The van der Waals surface area contributed by atoms with Crippen molar-refractivity contribution in [1.29, 1.82) is 0 Å². The summed E-state index contributed by atoms with van der Waals surface area (Å²) >= 11 is 0. The molecule has 0 unspecified atom stereocenters. The molecule has 1 heterocycles. The molecule has 0 spiro atoms. The Morgan fingerprint density at radius 1 is 1.08 bits per heavy atom. The average Bonchev–Trinajstić information content (AvgIpc) is 2.35. The zero-order valence-electron chi connectivity index (χ0n) is 15.6. The second kappa shape index (κ2) is 7.96. The van der Waals surface area contributed by atoms with E-state index >= 15 is 0 Å². The molecule has 0 radical (unpaired) electrons. The van der Waals surface area contributed by atoms with Gasteiger partial charge in [-0.2, -0.15) is 0 Å². The molecule has 7 nitrogen and oxygen atoms in total. The average molecular weight is 342 g/mol. The van der Waals surface area contributed by atoms with E-state index in [1.54, 1.807) is 46.4 Å². The molecule has 1 aliphatic rings. The van der Waals surface area contributed by atoms with Gasteiger partial charge in [0.15, 0.2) is 0 Å². The number of nitrogens with zero attached hydrogens (tertiary/aromatic N) is 1. The molecule has 0 aromatic heterocycles. The zero-order valence-corrected chi connectivity index (χ0v) is 15.6. The van der Waals surface area contributed by atoms with Crippen LogP contribution in [0.1, 0.15) is 54.4 Å². The summed E-state index contributed by atoms with van der Waals surface area (Å²) in [5, 5.41) is 3.03. The summed E-state index contributed by atoms with van der Waals surface area (Å²) < 4.78 is 10.5. The number of piperazine rings is 1. The quantitative estimate of drug-likeness (QED) is 0.757. The molecule has 1 rings (SSSR count). The summed E-state index contributed by atoms with van der Waals surface area (Å²) in [5.41, 5.74) is -1.12. The molecular weight excluding hydrogens is 312 g/mol. The first-order valence-electron chi connectivity index (χ1n) is 8.33. The third-order valence-corrected chi connectivity index (χ3v) is 3.18. The zero-order chi connectivity index (χ0) is 18.5. The molecule has 1 atom stereocenters. The van der Waals surface area contributed by atoms with E-state index in [9.17, 15) is 14.4 Å². The highest BCUT2D eigenvalue weighted by atomic mass is 16.6. The fourth-order valence-corrected chi connectivity index (χ4v) is 2.34. The van der Waals surface area contributed by atoms with Crippen molar-refractivity contribution in [3.8, 4) is 0 Å². The molecule has 1 saturated heterocycles. The van der Waals surface area contributed by atoms with E-state index in [-0.39, 0.29) is 24.7 Å². The fraction of sp³-hybridized carbons (Fsp3) is 0.824. The van der Waals surface area contributed by atoms with Gasteiger partial charge in [-0.15, -0.1) is 0 Å². The third kappa shape index (κ3) is 7.77. The van der Waals surface area contributed by atoms with Crippen LogP contribution in [0.15, 0.2) is 0 Å². The Bertz CT molecular complexity index is 476. The van der Waals surface area contributed by atoms with Crippen molar-refractivity contribution in [1.82, 2.24) is 10.2 Å². The van der Waals surface area contributed by atoms with Crippen molar-refractivity contribution >= 4 is 17.8 Å². The van der Waals surface area contributed by atoms with Crippen LogP contribution in [-0.4, -0.2) is 59.6 Å². The molecule has 1 aliphatic heterocycles. The number of amides is 1. The molecule has 1 N–H and O–H groups in total. The number of nitrogens with one attached hydrogen (secondary N) is 1. The second-order valence-electron chi connectivity index (χ2n) is 7.96. The normalized spacial score (nSPS) is 19.2. The standard InChI is InChI=1S/C17H30N2O5/c1-16(2,3)23-13(20)7-9-19-10-8-18-12(15(19)22)11-14(21)24-17(4,5)6/h12,18H,7-11H2,1-6H3/t12-/m0/s1. The molecule has 7 heteroatoms. The molecule has 24 heavy (non-hydrogen) atoms. The number of hydrogen-bond acceptors (Lipinski definition) is 6. The fourth-order valence-electron chi connectivity index (χ4n) is 2.34. The van der Waals surface area contributed by atoms with Gasteiger partial charge in [0.25, 0.3) is 0 Å². The first kappa shape index (κ1) is 20.4. The Hall–Kier alpha value is -1.63. The summed E-state index contributed by atoms with van der Waals surface area (Å²) in [5.74, 6) is -0.935. The van der Waals surface area contributed by atoms with Gasteiger partial charge < -0.3 is 19.7 Å². The predicted molar refractivity (Wildman–Crippen MR) is 89.3 cm³/mol. The highest BCUT2D eigenvalue weighted by Gasteiger charge is 2.32. The number of rotatable bonds is 5. The summed E-state index contributed by atoms with van der Waals surface area (Å²) in [7, 11) is 0. The van der Waals surface area contributed by atoms with Gasteiger partial charge in [0.2, 0.25) is 5.91 Å². The van der Waals surface area contributed by atoms with Crippen LogP contribution < -0.4 is 5.32 Å². The van der Waals surface area contributed by atoms with Gasteiger partial charge in [-0.1, -0.05) is 0 Å². The van der Waals surface area contributed by atoms with Gasteiger partial charge in [0.05, 0.1) is 18.9 Å². The molecule has 0 bridgehead atoms. The van der Waals surface area contributed by atoms with E-state index in [1.165, 1.54) is 0 Å². The minimum absolute atomic E-state index is 0.0148. The number of hydrogen-bond donors (Lipinski definition) is 1. The van der Waals surface area contributed by atoms with E-state index in [1.807, 2.05) is 0 Å². The maximum atomic E-state index is 12.4. The minimum Gasteiger partial charge on any atom is -0.460 e. The molecule has 0 aromatic carbocycles. The third-order valence-electron chi connectivity index (χ3n) is 3.18. The highest BCUT2D eigenvalue weighted by Crippen LogP contribution is 2.13. The van der Waals surface area contributed by atoms with Crippen LogP contribution in [0.3, 0.4) is 0 Å². The van der Waals surface area contributed by atoms with Gasteiger partial charge in [-0.05, 0) is 41.5 Å². The lowest BCUT2D eigenvalue weighted by Crippen LogP contribution is -2.56. The maximum absolute atomic E-state index is 12.4. The van der Waals surface area contributed by atoms with Crippen LogP contribution in [0.5, 0.6) is 0 Å². The number of carbonyl (C=O) groups excluding carboxylic acids is 3. The van der Waals surface area contributed by atoms with Gasteiger partial charge in [0, 0.05) is 19.6 Å². The van der Waals surface area contributed by atoms with Crippen LogP contribution in [0, 0.1) is 0 Å². The van der Waals surface area contributed by atoms with E-state index in [0.717, 1.165) is 0 Å². The van der Waals surface area contributed by atoms with Crippen molar-refractivity contribution in [2.45, 2.75) is 71.6 Å². The molecule has 138 valence electrons. The summed E-state index contributed by atoms with van der Waals surface area (Å²) in [6.07, 6.45) is 0.126. The first-order chi connectivity index (χ1) is 10.9. The Morgan fingerprint density at radius 3 is 2.17 bits per heavy atom. The Balaban J connectivity index is 2.50. The van der Waals surface area contributed by atoms with Crippen molar-refractivity contribution in [2.75, 3.05) is 19.6 Å². The largest absolute Gasteiger partial charge is 0.460 e. The lowest BCUT2D eigenvalue weighted by Gasteiger charge is -2.33. The van der Waals surface area contributed by atoms with E-state index < -0.39 is 23.2 Å². The maximum Gasteiger partial charge on any atom is 0.308 e. The van der Waals surface area contributed by atoms with Gasteiger partial charge >= 0.3 is 11.9 Å². The van der Waals surface area contributed by atoms with E-state index in [0.29, 0.717) is 19.6 Å². The van der Waals surface area contributed by atoms with E-state index in [2.05, 4.69) is 5.32 Å².